The smallest absolute Gasteiger partial charge is 0.429 e. The van der Waals surface area contributed by atoms with Gasteiger partial charge in [-0.3, -0.25) is 0 Å². The van der Waals surface area contributed by atoms with Crippen LogP contribution in [0.1, 0.15) is 94.6 Å². The first kappa shape index (κ1) is 36.3. The summed E-state index contributed by atoms with van der Waals surface area (Å²) in [5.41, 5.74) is -2.36. The maximum absolute atomic E-state index is 15.3. The van der Waals surface area contributed by atoms with Crippen molar-refractivity contribution in [1.82, 2.24) is 0 Å². The molecule has 1 nitrogen and oxygen atoms in total. The van der Waals surface area contributed by atoms with E-state index >= 15 is 22.0 Å². The van der Waals surface area contributed by atoms with Crippen molar-refractivity contribution in [2.45, 2.75) is 89.6 Å². The molecule has 0 radical (unpaired) electrons. The number of benzene rings is 4. The van der Waals surface area contributed by atoms with E-state index in [1.807, 2.05) is 0 Å². The van der Waals surface area contributed by atoms with Crippen LogP contribution in [-0.4, -0.2) is 0 Å². The lowest BCUT2D eigenvalue weighted by Gasteiger charge is -2.29. The Morgan fingerprint density at radius 1 is 0.592 bits per heavy atom. The van der Waals surface area contributed by atoms with E-state index < -0.39 is 69.3 Å². The maximum Gasteiger partial charge on any atom is 0.432 e. The SMILES string of the molecule is CCCCCCCCC1CCC(c2ccc(-c3cc(F)c(C(F)(F)Oc4ccc(-c5cc(F)c(F)c(F)c5)c(F)c4)c(F)c3)c(F)c2)CC1. The van der Waals surface area contributed by atoms with Crippen molar-refractivity contribution >= 4 is 0 Å². The Morgan fingerprint density at radius 2 is 1.12 bits per heavy atom. The fourth-order valence-electron chi connectivity index (χ4n) is 6.73. The molecule has 4 aromatic carbocycles. The van der Waals surface area contributed by atoms with Crippen molar-refractivity contribution in [2.24, 2.45) is 5.92 Å². The zero-order valence-electron chi connectivity index (χ0n) is 27.0. The van der Waals surface area contributed by atoms with Crippen molar-refractivity contribution in [3.8, 4) is 28.0 Å². The van der Waals surface area contributed by atoms with Crippen LogP contribution < -0.4 is 4.74 Å². The van der Waals surface area contributed by atoms with E-state index in [1.165, 1.54) is 57.1 Å². The average molecular weight is 693 g/mol. The van der Waals surface area contributed by atoms with Crippen molar-refractivity contribution in [3.05, 3.63) is 113 Å². The van der Waals surface area contributed by atoms with Gasteiger partial charge in [0.2, 0.25) is 0 Å². The molecule has 0 heterocycles. The molecule has 1 fully saturated rings. The zero-order valence-corrected chi connectivity index (χ0v) is 27.0. The lowest BCUT2D eigenvalue weighted by atomic mass is 9.77. The number of ether oxygens (including phenoxy) is 1. The third kappa shape index (κ3) is 8.62. The van der Waals surface area contributed by atoms with E-state index in [-0.39, 0.29) is 17.0 Å². The molecular weight excluding hydrogens is 655 g/mol. The van der Waals surface area contributed by atoms with Crippen LogP contribution in [-0.2, 0) is 6.11 Å². The number of rotatable bonds is 13. The molecule has 0 saturated heterocycles. The molecule has 0 aliphatic heterocycles. The van der Waals surface area contributed by atoms with Crippen molar-refractivity contribution < 1.29 is 44.3 Å². The molecule has 1 saturated carbocycles. The summed E-state index contributed by atoms with van der Waals surface area (Å²) in [5, 5.41) is 0. The molecule has 0 spiro atoms. The number of hydrogen-bond donors (Lipinski definition) is 0. The molecule has 0 unspecified atom stereocenters. The second kappa shape index (κ2) is 15.7. The molecule has 10 heteroatoms. The third-order valence-corrected chi connectivity index (χ3v) is 9.40. The summed E-state index contributed by atoms with van der Waals surface area (Å²) in [6.07, 6.45) is 8.04. The van der Waals surface area contributed by atoms with Gasteiger partial charge in [-0.25, -0.2) is 30.7 Å². The van der Waals surface area contributed by atoms with Gasteiger partial charge in [0.05, 0.1) is 0 Å². The second-order valence-corrected chi connectivity index (χ2v) is 12.8. The van der Waals surface area contributed by atoms with Crippen molar-refractivity contribution in [3.63, 3.8) is 0 Å². The summed E-state index contributed by atoms with van der Waals surface area (Å²) in [7, 11) is 0. The summed E-state index contributed by atoms with van der Waals surface area (Å²) < 4.78 is 135. The van der Waals surface area contributed by atoms with Crippen LogP contribution in [0.3, 0.4) is 0 Å². The highest BCUT2D eigenvalue weighted by Gasteiger charge is 2.41. The molecule has 262 valence electrons. The molecule has 1 aliphatic carbocycles. The van der Waals surface area contributed by atoms with Gasteiger partial charge >= 0.3 is 6.11 Å². The number of halogens is 9. The summed E-state index contributed by atoms with van der Waals surface area (Å²) in [4.78, 5) is 0. The Balaban J connectivity index is 1.25. The molecule has 4 aromatic rings. The van der Waals surface area contributed by atoms with Crippen LogP contribution in [0.25, 0.3) is 22.3 Å². The van der Waals surface area contributed by atoms with Crippen molar-refractivity contribution in [2.75, 3.05) is 0 Å². The Morgan fingerprint density at radius 3 is 1.69 bits per heavy atom. The lowest BCUT2D eigenvalue weighted by molar-refractivity contribution is -0.189. The van der Waals surface area contributed by atoms with E-state index in [4.69, 9.17) is 0 Å². The standard InChI is InChI=1S/C39H37F9O/c1-2-3-4-5-6-7-8-23-9-11-24(12-10-23)25-13-15-29(31(40)17-25)26-18-33(42)37(34(43)19-26)39(47,48)49-28-14-16-30(32(41)22-28)27-20-35(44)38(46)36(45)21-27/h13-24H,2-12H2,1H3. The summed E-state index contributed by atoms with van der Waals surface area (Å²) in [6.45, 7) is 2.20. The van der Waals surface area contributed by atoms with Crippen LogP contribution in [0.15, 0.2) is 60.7 Å². The second-order valence-electron chi connectivity index (χ2n) is 12.8. The van der Waals surface area contributed by atoms with Gasteiger partial charge in [0, 0.05) is 17.2 Å². The monoisotopic (exact) mass is 692 g/mol. The first-order valence-corrected chi connectivity index (χ1v) is 16.7. The molecule has 1 aliphatic rings. The largest absolute Gasteiger partial charge is 0.432 e. The highest BCUT2D eigenvalue weighted by atomic mass is 19.3. The predicted molar refractivity (Wildman–Crippen MR) is 171 cm³/mol. The predicted octanol–water partition coefficient (Wildman–Crippen LogP) is 13.1. The first-order chi connectivity index (χ1) is 23.4. The van der Waals surface area contributed by atoms with Gasteiger partial charge in [-0.05, 0) is 96.7 Å². The fraction of sp³-hybridized carbons (Fsp3) is 0.385. The van der Waals surface area contributed by atoms with Gasteiger partial charge in [0.1, 0.15) is 34.6 Å². The minimum absolute atomic E-state index is 0.160. The topological polar surface area (TPSA) is 9.23 Å². The molecule has 49 heavy (non-hydrogen) atoms. The van der Waals surface area contributed by atoms with Gasteiger partial charge in [0.25, 0.3) is 0 Å². The minimum atomic E-state index is -4.65. The minimum Gasteiger partial charge on any atom is -0.429 e. The van der Waals surface area contributed by atoms with Gasteiger partial charge in [-0.15, -0.1) is 0 Å². The zero-order chi connectivity index (χ0) is 35.3. The van der Waals surface area contributed by atoms with E-state index in [0.717, 1.165) is 43.4 Å². The first-order valence-electron chi connectivity index (χ1n) is 16.7. The van der Waals surface area contributed by atoms with E-state index in [1.54, 1.807) is 6.07 Å². The Labute approximate surface area is 280 Å². The molecular formula is C39H37F9O. The number of hydrogen-bond acceptors (Lipinski definition) is 1. The normalized spacial score (nSPS) is 16.6. The molecule has 0 amide bonds. The summed E-state index contributed by atoms with van der Waals surface area (Å²) >= 11 is 0. The van der Waals surface area contributed by atoms with Crippen LogP contribution in [0.4, 0.5) is 39.5 Å². The Hall–Kier alpha value is -3.95. The summed E-state index contributed by atoms with van der Waals surface area (Å²) in [6, 6.07) is 8.63. The van der Waals surface area contributed by atoms with E-state index in [0.29, 0.717) is 36.2 Å². The summed E-state index contributed by atoms with van der Waals surface area (Å²) in [5.74, 6) is -10.5. The lowest BCUT2D eigenvalue weighted by Crippen LogP contribution is -2.25. The maximum atomic E-state index is 15.3. The van der Waals surface area contributed by atoms with Gasteiger partial charge in [0.15, 0.2) is 17.5 Å². The Bertz CT molecular complexity index is 1720. The average Bonchev–Trinajstić information content (AvgIpc) is 3.04. The van der Waals surface area contributed by atoms with Gasteiger partial charge in [-0.1, -0.05) is 64.0 Å². The van der Waals surface area contributed by atoms with Crippen LogP contribution >= 0.6 is 0 Å². The molecule has 0 bridgehead atoms. The highest BCUT2D eigenvalue weighted by Crippen LogP contribution is 2.41. The number of alkyl halides is 2. The third-order valence-electron chi connectivity index (χ3n) is 9.40. The molecule has 0 atom stereocenters. The van der Waals surface area contributed by atoms with E-state index in [2.05, 4.69) is 11.7 Å². The quantitative estimate of drug-likeness (QED) is 0.0770. The van der Waals surface area contributed by atoms with Crippen LogP contribution in [0, 0.1) is 46.6 Å². The number of unbranched alkanes of at least 4 members (excludes halogenated alkanes) is 5. The fourth-order valence-corrected chi connectivity index (χ4v) is 6.73. The Kier molecular flexibility index (Phi) is 11.7. The van der Waals surface area contributed by atoms with Crippen LogP contribution in [0.2, 0.25) is 0 Å². The van der Waals surface area contributed by atoms with Crippen LogP contribution in [0.5, 0.6) is 5.75 Å². The van der Waals surface area contributed by atoms with Crippen molar-refractivity contribution in [1.29, 1.82) is 0 Å². The highest BCUT2D eigenvalue weighted by molar-refractivity contribution is 5.66. The van der Waals surface area contributed by atoms with Gasteiger partial charge in [-0.2, -0.15) is 8.78 Å². The molecule has 0 aromatic heterocycles. The molecule has 0 N–H and O–H groups in total. The van der Waals surface area contributed by atoms with E-state index in [9.17, 15) is 17.6 Å². The van der Waals surface area contributed by atoms with Gasteiger partial charge < -0.3 is 4.74 Å². The molecule has 5 rings (SSSR count).